The second-order valence-corrected chi connectivity index (χ2v) is 18.9. The molecule has 0 spiro atoms. The summed E-state index contributed by atoms with van der Waals surface area (Å²) in [5.41, 5.74) is 22.5. The van der Waals surface area contributed by atoms with Crippen molar-refractivity contribution in [2.24, 2.45) is 0 Å². The Hall–Kier alpha value is -5.22. The zero-order valence-corrected chi connectivity index (χ0v) is 34.7. The van der Waals surface area contributed by atoms with Crippen LogP contribution < -0.4 is 31.1 Å². The summed E-state index contributed by atoms with van der Waals surface area (Å²) in [6.07, 6.45) is 4.90. The first-order valence-electron chi connectivity index (χ1n) is 20.8. The molecule has 0 aromatic heterocycles. The highest BCUT2D eigenvalue weighted by atomic mass is 15.3. The molecule has 1 saturated carbocycles. The number of anilines is 8. The lowest BCUT2D eigenvalue weighted by molar-refractivity contribution is 0.195. The molecule has 0 amide bonds. The van der Waals surface area contributed by atoms with E-state index in [1.807, 2.05) is 0 Å². The molecule has 4 aliphatic rings. The van der Waals surface area contributed by atoms with Crippen LogP contribution in [0.25, 0.3) is 0 Å². The molecule has 1 aliphatic carbocycles. The molecule has 6 aromatic rings. The molecule has 4 heteroatoms. The van der Waals surface area contributed by atoms with Gasteiger partial charge >= 0.3 is 0 Å². The molecule has 3 nitrogen and oxygen atoms in total. The van der Waals surface area contributed by atoms with Crippen molar-refractivity contribution < 1.29 is 0 Å². The van der Waals surface area contributed by atoms with Crippen LogP contribution in [0.4, 0.5) is 45.5 Å². The summed E-state index contributed by atoms with van der Waals surface area (Å²) < 4.78 is 0. The molecule has 2 atom stereocenters. The standard InChI is InChI=1S/C52H54BN3/c1-33-12-19-38(20-13-33)54(39-21-14-34(2)15-22-39)41-31-46-48-47(32-41)56-49-42(51(8)26-10-11-27-52(51,56)9)29-37(50(5,6)7)30-44(49)53(48)43-28-36(4)18-25-45(43)55(46)40-23-16-35(3)17-24-40/h12-25,28-32H,10-11,26-27H2,1-9H3. The van der Waals surface area contributed by atoms with E-state index >= 15 is 0 Å². The quantitative estimate of drug-likeness (QED) is 0.167. The lowest BCUT2D eigenvalue weighted by atomic mass is 9.33. The maximum absolute atomic E-state index is 2.87. The van der Waals surface area contributed by atoms with Crippen LogP contribution >= 0.6 is 0 Å². The molecule has 3 heterocycles. The number of hydrogen-bond acceptors (Lipinski definition) is 3. The van der Waals surface area contributed by atoms with Gasteiger partial charge in [-0.15, -0.1) is 0 Å². The zero-order chi connectivity index (χ0) is 38.9. The first-order valence-corrected chi connectivity index (χ1v) is 20.8. The number of rotatable bonds is 4. The number of nitrogens with zero attached hydrogens (tertiary/aromatic N) is 3. The fourth-order valence-corrected chi connectivity index (χ4v) is 10.8. The van der Waals surface area contributed by atoms with Gasteiger partial charge in [0, 0.05) is 45.2 Å². The molecule has 56 heavy (non-hydrogen) atoms. The Balaban J connectivity index is 1.36. The van der Waals surface area contributed by atoms with E-state index < -0.39 is 0 Å². The second-order valence-electron chi connectivity index (χ2n) is 18.9. The molecule has 3 aliphatic heterocycles. The van der Waals surface area contributed by atoms with Crippen molar-refractivity contribution in [2.45, 2.75) is 104 Å². The highest BCUT2D eigenvalue weighted by molar-refractivity contribution is 7.00. The van der Waals surface area contributed by atoms with E-state index in [1.54, 1.807) is 5.56 Å². The van der Waals surface area contributed by atoms with Gasteiger partial charge in [0.15, 0.2) is 0 Å². The van der Waals surface area contributed by atoms with Gasteiger partial charge in [0.1, 0.15) is 0 Å². The molecule has 280 valence electrons. The van der Waals surface area contributed by atoms with Gasteiger partial charge in [0.2, 0.25) is 0 Å². The summed E-state index contributed by atoms with van der Waals surface area (Å²) in [5.74, 6) is 0. The Morgan fingerprint density at radius 2 is 1.14 bits per heavy atom. The van der Waals surface area contributed by atoms with Crippen molar-refractivity contribution in [3.63, 3.8) is 0 Å². The summed E-state index contributed by atoms with van der Waals surface area (Å²) >= 11 is 0. The second kappa shape index (κ2) is 12.1. The molecule has 0 saturated heterocycles. The molecule has 6 aromatic carbocycles. The van der Waals surface area contributed by atoms with Crippen molar-refractivity contribution in [3.05, 3.63) is 149 Å². The third kappa shape index (κ3) is 4.97. The van der Waals surface area contributed by atoms with E-state index in [4.69, 9.17) is 0 Å². The largest absolute Gasteiger partial charge is 0.335 e. The van der Waals surface area contributed by atoms with Gasteiger partial charge in [-0.1, -0.05) is 123 Å². The maximum atomic E-state index is 2.87. The molecule has 0 N–H and O–H groups in total. The molecule has 1 fully saturated rings. The van der Waals surface area contributed by atoms with Crippen molar-refractivity contribution in [3.8, 4) is 0 Å². The average Bonchev–Trinajstić information content (AvgIpc) is 3.38. The fourth-order valence-electron chi connectivity index (χ4n) is 10.8. The predicted molar refractivity (Wildman–Crippen MR) is 241 cm³/mol. The van der Waals surface area contributed by atoms with Crippen LogP contribution in [0, 0.1) is 27.7 Å². The van der Waals surface area contributed by atoms with E-state index in [0.29, 0.717) is 0 Å². The first-order chi connectivity index (χ1) is 26.8. The summed E-state index contributed by atoms with van der Waals surface area (Å²) in [5, 5.41) is 0. The smallest absolute Gasteiger partial charge is 0.252 e. The van der Waals surface area contributed by atoms with Crippen molar-refractivity contribution in [1.82, 2.24) is 0 Å². The SMILES string of the molecule is Cc1ccc(N(c2ccc(C)cc2)c2cc3c4c(c2)N2c5c(cc(C(C)(C)C)cc5C5(C)CCCCC25C)B4c2cc(C)ccc2N3c2ccc(C)cc2)cc1. The molecule has 2 unspecified atom stereocenters. The highest BCUT2D eigenvalue weighted by Gasteiger charge is 2.61. The van der Waals surface area contributed by atoms with Crippen LogP contribution in [-0.4, -0.2) is 12.3 Å². The number of benzene rings is 6. The topological polar surface area (TPSA) is 9.72 Å². The first kappa shape index (κ1) is 35.2. The summed E-state index contributed by atoms with van der Waals surface area (Å²) in [6, 6.07) is 44.8. The minimum absolute atomic E-state index is 0.0205. The van der Waals surface area contributed by atoms with Crippen LogP contribution in [0.3, 0.4) is 0 Å². The summed E-state index contributed by atoms with van der Waals surface area (Å²) in [4.78, 5) is 7.94. The van der Waals surface area contributed by atoms with Crippen LogP contribution in [0.15, 0.2) is 115 Å². The van der Waals surface area contributed by atoms with E-state index in [1.165, 1.54) is 115 Å². The van der Waals surface area contributed by atoms with Crippen molar-refractivity contribution in [2.75, 3.05) is 14.7 Å². The molecular weight excluding hydrogens is 677 g/mol. The summed E-state index contributed by atoms with van der Waals surface area (Å²) in [7, 11) is 0. The van der Waals surface area contributed by atoms with Gasteiger partial charge in [-0.2, -0.15) is 0 Å². The Bertz CT molecular complexity index is 2500. The van der Waals surface area contributed by atoms with Gasteiger partial charge in [0.25, 0.3) is 6.71 Å². The fraction of sp³-hybridized carbons (Fsp3) is 0.308. The van der Waals surface area contributed by atoms with Gasteiger partial charge in [-0.05, 0) is 135 Å². The third-order valence-electron chi connectivity index (χ3n) is 14.2. The number of hydrogen-bond donors (Lipinski definition) is 0. The van der Waals surface area contributed by atoms with E-state index in [9.17, 15) is 0 Å². The van der Waals surface area contributed by atoms with Gasteiger partial charge in [-0.25, -0.2) is 0 Å². The van der Waals surface area contributed by atoms with Crippen molar-refractivity contribution in [1.29, 1.82) is 0 Å². The lowest BCUT2D eigenvalue weighted by Crippen LogP contribution is -2.64. The van der Waals surface area contributed by atoms with E-state index in [2.05, 4.69) is 192 Å². The number of fused-ring (bicyclic) bond motifs is 7. The van der Waals surface area contributed by atoms with Crippen molar-refractivity contribution >= 4 is 68.6 Å². The minimum Gasteiger partial charge on any atom is -0.335 e. The minimum atomic E-state index is -0.0731. The van der Waals surface area contributed by atoms with E-state index in [-0.39, 0.29) is 23.1 Å². The van der Waals surface area contributed by atoms with E-state index in [0.717, 1.165) is 0 Å². The molecule has 10 rings (SSSR count). The van der Waals surface area contributed by atoms with Gasteiger partial charge in [-0.3, -0.25) is 0 Å². The monoisotopic (exact) mass is 731 g/mol. The Morgan fingerprint density at radius 1 is 0.571 bits per heavy atom. The van der Waals surface area contributed by atoms with Crippen LogP contribution in [0.2, 0.25) is 0 Å². The predicted octanol–water partition coefficient (Wildman–Crippen LogP) is 12.0. The Labute approximate surface area is 335 Å². The third-order valence-corrected chi connectivity index (χ3v) is 14.2. The van der Waals surface area contributed by atoms with Crippen LogP contribution in [0.5, 0.6) is 0 Å². The Kier molecular flexibility index (Phi) is 7.64. The average molecular weight is 732 g/mol. The van der Waals surface area contributed by atoms with Gasteiger partial charge in [0.05, 0.1) is 11.2 Å². The van der Waals surface area contributed by atoms with Crippen LogP contribution in [0.1, 0.15) is 93.7 Å². The normalized spacial score (nSPS) is 20.3. The van der Waals surface area contributed by atoms with Crippen LogP contribution in [-0.2, 0) is 10.8 Å². The highest BCUT2D eigenvalue weighted by Crippen LogP contribution is 2.62. The summed E-state index contributed by atoms with van der Waals surface area (Å²) in [6.45, 7) is 21.3. The Morgan fingerprint density at radius 3 is 1.77 bits per heavy atom. The number of aryl methyl sites for hydroxylation is 4. The lowest BCUT2D eigenvalue weighted by Gasteiger charge is -2.53. The molecule has 0 bridgehead atoms. The maximum Gasteiger partial charge on any atom is 0.252 e. The zero-order valence-electron chi connectivity index (χ0n) is 34.7. The molecular formula is C52H54BN3. The van der Waals surface area contributed by atoms with Gasteiger partial charge < -0.3 is 14.7 Å². The molecule has 0 radical (unpaired) electrons.